The van der Waals surface area contributed by atoms with Gasteiger partial charge in [0, 0.05) is 6.42 Å². The van der Waals surface area contributed by atoms with Crippen LogP contribution in [0, 0.1) is 133 Å². The van der Waals surface area contributed by atoms with Gasteiger partial charge in [-0.1, -0.05) is 262 Å². The maximum atomic E-state index is 5.64. The molecule has 79 heavy (non-hydrogen) atoms. The minimum atomic E-state index is 0. The zero-order chi connectivity index (χ0) is 60.1. The topological polar surface area (TPSA) is 9.23 Å². The van der Waals surface area contributed by atoms with E-state index in [0.717, 1.165) is 127 Å². The minimum absolute atomic E-state index is 0. The zero-order valence-corrected chi connectivity index (χ0v) is 59.8. The average Bonchev–Trinajstić information content (AvgIpc) is 4.06. The lowest BCUT2D eigenvalue weighted by Crippen LogP contribution is -2.52. The molecule has 1 aliphatic heterocycles. The molecule has 0 aromatic heterocycles. The van der Waals surface area contributed by atoms with Crippen molar-refractivity contribution in [3.05, 3.63) is 0 Å². The molecular formula is C78H160O. The molecule has 0 N–H and O–H groups in total. The molecule has 0 spiro atoms. The van der Waals surface area contributed by atoms with Crippen LogP contribution in [0.25, 0.3) is 0 Å². The van der Waals surface area contributed by atoms with E-state index in [4.69, 9.17) is 4.74 Å². The first-order valence-corrected chi connectivity index (χ1v) is 34.9. The van der Waals surface area contributed by atoms with Crippen molar-refractivity contribution < 1.29 is 4.74 Å². The van der Waals surface area contributed by atoms with Crippen molar-refractivity contribution in [2.75, 3.05) is 6.61 Å². The molecule has 1 heterocycles. The summed E-state index contributed by atoms with van der Waals surface area (Å²) in [7, 11) is 0. The first-order chi connectivity index (χ1) is 35.3. The predicted octanol–water partition coefficient (Wildman–Crippen LogP) is 26.8. The van der Waals surface area contributed by atoms with Gasteiger partial charge in [0.25, 0.3) is 0 Å². The van der Waals surface area contributed by atoms with E-state index in [-0.39, 0.29) is 20.5 Å². The van der Waals surface area contributed by atoms with Gasteiger partial charge in [-0.05, 0) is 222 Å². The van der Waals surface area contributed by atoms with Crippen molar-refractivity contribution in [3.63, 3.8) is 0 Å². The minimum Gasteiger partial charge on any atom is -0.374 e. The summed E-state index contributed by atoms with van der Waals surface area (Å²) in [5.74, 6) is 13.9. The van der Waals surface area contributed by atoms with Crippen LogP contribution in [0.15, 0.2) is 0 Å². The Morgan fingerprint density at radius 3 is 0.291 bits per heavy atom. The molecule has 7 aliphatic carbocycles. The lowest BCUT2D eigenvalue weighted by Gasteiger charge is -2.49. The van der Waals surface area contributed by atoms with Crippen LogP contribution in [0.4, 0.5) is 0 Å². The van der Waals surface area contributed by atoms with Gasteiger partial charge in [0.2, 0.25) is 0 Å². The van der Waals surface area contributed by atoms with Gasteiger partial charge >= 0.3 is 0 Å². The summed E-state index contributed by atoms with van der Waals surface area (Å²) >= 11 is 0. The third kappa shape index (κ3) is 19.7. The van der Waals surface area contributed by atoms with Crippen molar-refractivity contribution in [2.24, 2.45) is 133 Å². The Kier molecular flexibility index (Phi) is 34.6. The first-order valence-electron chi connectivity index (χ1n) is 34.9. The molecule has 1 nitrogen and oxygen atoms in total. The van der Waals surface area contributed by atoms with Crippen LogP contribution >= 0.6 is 0 Å². The van der Waals surface area contributed by atoms with E-state index in [1.54, 1.807) is 0 Å². The summed E-state index contributed by atoms with van der Waals surface area (Å²) in [5, 5.41) is 0. The molecule has 0 radical (unpaired) electrons. The molecule has 0 aromatic carbocycles. The number of hydrogen-bond acceptors (Lipinski definition) is 1. The first kappa shape index (κ1) is 81.0. The van der Waals surface area contributed by atoms with Crippen molar-refractivity contribution >= 4 is 0 Å². The molecular weight excluding hydrogens is 953 g/mol. The highest BCUT2D eigenvalue weighted by atomic mass is 16.5. The normalized spacial score (nSPS) is 22.8. The molecule has 0 amide bonds. The third-order valence-corrected chi connectivity index (χ3v) is 26.5. The second-order valence-electron chi connectivity index (χ2n) is 33.6. The fraction of sp³-hybridized carbons (Fsp3) is 1.00. The molecule has 7 saturated carbocycles. The molecule has 8 fully saturated rings. The van der Waals surface area contributed by atoms with Crippen LogP contribution in [0.2, 0.25) is 0 Å². The maximum absolute atomic E-state index is 5.64. The molecule has 1 saturated heterocycles. The molecule has 0 unspecified atom stereocenters. The summed E-state index contributed by atoms with van der Waals surface area (Å²) in [6.45, 7) is 76.2. The van der Waals surface area contributed by atoms with Crippen LogP contribution in [0.1, 0.15) is 358 Å². The zero-order valence-electron chi connectivity index (χ0n) is 59.8. The monoisotopic (exact) mass is 1110 g/mol. The summed E-state index contributed by atoms with van der Waals surface area (Å²) in [6, 6.07) is 0. The molecule has 0 aromatic rings. The Balaban J connectivity index is 0. The quantitative estimate of drug-likeness (QED) is 0.150. The van der Waals surface area contributed by atoms with Crippen LogP contribution in [-0.4, -0.2) is 12.2 Å². The Bertz CT molecular complexity index is 1210. The standard InChI is InChI=1S/4C10H20.C9H18O.3C9H18.2CH4/c4*1-8(2)10(9(3)4)6-5-7-10;1-7(2)9(8(3)4)5-6-10-9;3*1-7(2)9(5-6-9)8(3)4;;/h4*8-9H,5-7H2,1-4H3;7-8H,5-6H2,1-4H3;3*7-8H,5-6H2,1-4H3;2*1H4. The summed E-state index contributed by atoms with van der Waals surface area (Å²) in [5.41, 5.74) is 5.36. The van der Waals surface area contributed by atoms with Crippen molar-refractivity contribution in [2.45, 2.75) is 364 Å². The SMILES string of the molecule is C.C.CC(C)C1(C(C)C)CC1.CC(C)C1(C(C)C)CC1.CC(C)C1(C(C)C)CC1.CC(C)C1(C(C)C)CCC1.CC(C)C1(C(C)C)CCC1.CC(C)C1(C(C)C)CCC1.CC(C)C1(C(C)C)CCC1.CC(C)C1(C(C)C)CCO1. The van der Waals surface area contributed by atoms with Crippen LogP contribution in [0.3, 0.4) is 0 Å². The molecule has 8 rings (SSSR count). The van der Waals surface area contributed by atoms with E-state index in [2.05, 4.69) is 222 Å². The number of rotatable bonds is 16. The van der Waals surface area contributed by atoms with Gasteiger partial charge in [-0.25, -0.2) is 0 Å². The fourth-order valence-electron chi connectivity index (χ4n) is 17.4. The Morgan fingerprint density at radius 2 is 0.291 bits per heavy atom. The van der Waals surface area contributed by atoms with Gasteiger partial charge in [-0.3, -0.25) is 0 Å². The van der Waals surface area contributed by atoms with Crippen LogP contribution in [-0.2, 0) is 4.74 Å². The van der Waals surface area contributed by atoms with Gasteiger partial charge < -0.3 is 4.74 Å². The molecule has 8 aliphatic rings. The predicted molar refractivity (Wildman–Crippen MR) is 364 cm³/mol. The van der Waals surface area contributed by atoms with E-state index in [1.807, 2.05) is 0 Å². The summed E-state index contributed by atoms with van der Waals surface area (Å²) in [4.78, 5) is 0. The largest absolute Gasteiger partial charge is 0.374 e. The molecule has 1 heteroatoms. The summed E-state index contributed by atoms with van der Waals surface area (Å²) in [6.07, 6.45) is 27.8. The highest BCUT2D eigenvalue weighted by molar-refractivity contribution is 5.00. The van der Waals surface area contributed by atoms with Crippen LogP contribution < -0.4 is 0 Å². The second kappa shape index (κ2) is 33.8. The van der Waals surface area contributed by atoms with E-state index >= 15 is 0 Å². The average molecular weight is 1110 g/mol. The van der Waals surface area contributed by atoms with Crippen molar-refractivity contribution in [1.29, 1.82) is 0 Å². The molecule has 0 atom stereocenters. The highest BCUT2D eigenvalue weighted by Crippen LogP contribution is 2.60. The van der Waals surface area contributed by atoms with Crippen LogP contribution in [0.5, 0.6) is 0 Å². The van der Waals surface area contributed by atoms with E-state index in [9.17, 15) is 0 Å². The molecule has 0 bridgehead atoms. The van der Waals surface area contributed by atoms with Crippen molar-refractivity contribution in [1.82, 2.24) is 0 Å². The number of hydrogen-bond donors (Lipinski definition) is 0. The maximum Gasteiger partial charge on any atom is 0.0749 e. The van der Waals surface area contributed by atoms with E-state index in [1.165, 1.54) is 122 Å². The van der Waals surface area contributed by atoms with E-state index in [0.29, 0.717) is 11.8 Å². The fourth-order valence-corrected chi connectivity index (χ4v) is 17.4. The van der Waals surface area contributed by atoms with Gasteiger partial charge in [0.05, 0.1) is 12.2 Å². The van der Waals surface area contributed by atoms with Gasteiger partial charge in [-0.2, -0.15) is 0 Å². The third-order valence-electron chi connectivity index (χ3n) is 26.5. The second-order valence-corrected chi connectivity index (χ2v) is 33.6. The summed E-state index contributed by atoms with van der Waals surface area (Å²) < 4.78 is 5.64. The number of ether oxygens (including phenoxy) is 1. The van der Waals surface area contributed by atoms with Crippen molar-refractivity contribution in [3.8, 4) is 0 Å². The lowest BCUT2D eigenvalue weighted by molar-refractivity contribution is -0.200. The smallest absolute Gasteiger partial charge is 0.0749 e. The van der Waals surface area contributed by atoms with Gasteiger partial charge in [-0.15, -0.1) is 0 Å². The Morgan fingerprint density at radius 1 is 0.177 bits per heavy atom. The van der Waals surface area contributed by atoms with Gasteiger partial charge in [0.15, 0.2) is 0 Å². The Hall–Kier alpha value is -0.0400. The molecule has 478 valence electrons. The van der Waals surface area contributed by atoms with Gasteiger partial charge in [0.1, 0.15) is 0 Å². The van der Waals surface area contributed by atoms with E-state index < -0.39 is 0 Å². The Labute approximate surface area is 505 Å². The highest BCUT2D eigenvalue weighted by Gasteiger charge is 2.50. The lowest BCUT2D eigenvalue weighted by atomic mass is 9.56.